The molecule has 2 aromatic carbocycles. The molecule has 0 bridgehead atoms. The Hall–Kier alpha value is -4.09. The number of carbonyl (C=O) groups is 2. The lowest BCUT2D eigenvalue weighted by atomic mass is 9.81. The van der Waals surface area contributed by atoms with Gasteiger partial charge in [-0.2, -0.15) is 26.3 Å². The zero-order chi connectivity index (χ0) is 31.2. The Morgan fingerprint density at radius 2 is 1.52 bits per heavy atom. The molecule has 4 rings (SSSR count). The van der Waals surface area contributed by atoms with E-state index in [9.17, 15) is 40.3 Å². The van der Waals surface area contributed by atoms with E-state index in [-0.39, 0.29) is 11.8 Å². The largest absolute Gasteiger partial charge is 0.416 e. The molecule has 222 valence electrons. The third-order valence-corrected chi connectivity index (χ3v) is 7.32. The maximum atomic E-state index is 13.9. The molecule has 1 atom stereocenters. The first-order chi connectivity index (χ1) is 19.4. The molecule has 3 aromatic rings. The quantitative estimate of drug-likeness (QED) is 0.222. The molecule has 0 spiro atoms. The molecule has 1 aliphatic rings. The Morgan fingerprint density at radius 3 is 2.05 bits per heavy atom. The number of carbonyl (C=O) groups excluding carboxylic acids is 2. The number of aliphatic imine (C=N–C) groups is 1. The number of aryl methyl sites for hydroxylation is 1. The first-order valence-electron chi connectivity index (χ1n) is 12.8. The maximum Gasteiger partial charge on any atom is 0.416 e. The number of aldehydes is 1. The van der Waals surface area contributed by atoms with E-state index >= 15 is 0 Å². The summed E-state index contributed by atoms with van der Waals surface area (Å²) in [4.78, 5) is 34.9. The zero-order valence-electron chi connectivity index (χ0n) is 23.0. The second-order valence-electron chi connectivity index (χ2n) is 10.6. The standard InChI is InChI=1S/C30H26F7N3O2/c1-16-9-20(31)5-7-22(16)23-13-25(24-8-6-21(15-41)39-24)38-14-26(23)40(4)27(42)28(2,3)17-10-18(29(32,33)34)12-19(11-17)30(35,36)37/h5,7,9-15,21H,6,8H2,1-4H3. The van der Waals surface area contributed by atoms with Crippen molar-refractivity contribution in [1.29, 1.82) is 0 Å². The minimum Gasteiger partial charge on any atom is -0.313 e. The lowest BCUT2D eigenvalue weighted by Gasteiger charge is -2.32. The van der Waals surface area contributed by atoms with Gasteiger partial charge >= 0.3 is 12.4 Å². The molecule has 1 amide bonds. The smallest absolute Gasteiger partial charge is 0.313 e. The van der Waals surface area contributed by atoms with E-state index in [0.717, 1.165) is 11.2 Å². The molecule has 12 heteroatoms. The van der Waals surface area contributed by atoms with Gasteiger partial charge in [-0.1, -0.05) is 6.07 Å². The van der Waals surface area contributed by atoms with E-state index in [2.05, 4.69) is 9.98 Å². The van der Waals surface area contributed by atoms with Gasteiger partial charge in [0.1, 0.15) is 18.1 Å². The molecular formula is C30H26F7N3O2. The molecule has 1 aromatic heterocycles. The van der Waals surface area contributed by atoms with Crippen molar-refractivity contribution in [3.63, 3.8) is 0 Å². The number of alkyl halides is 6. The predicted octanol–water partition coefficient (Wildman–Crippen LogP) is 7.32. The van der Waals surface area contributed by atoms with Crippen LogP contribution in [0.2, 0.25) is 0 Å². The lowest BCUT2D eigenvalue weighted by molar-refractivity contribution is -0.143. The van der Waals surface area contributed by atoms with Crippen LogP contribution in [0.1, 0.15) is 54.6 Å². The van der Waals surface area contributed by atoms with Crippen molar-refractivity contribution in [2.24, 2.45) is 4.99 Å². The third-order valence-electron chi connectivity index (χ3n) is 7.32. The molecule has 0 saturated carbocycles. The summed E-state index contributed by atoms with van der Waals surface area (Å²) in [5.74, 6) is -1.32. The van der Waals surface area contributed by atoms with Crippen LogP contribution < -0.4 is 4.90 Å². The average Bonchev–Trinajstić information content (AvgIpc) is 3.40. The van der Waals surface area contributed by atoms with Crippen molar-refractivity contribution in [3.05, 3.63) is 82.4 Å². The fraction of sp³-hybridized carbons (Fsp3) is 0.333. The van der Waals surface area contributed by atoms with Gasteiger partial charge in [0.05, 0.1) is 39.8 Å². The van der Waals surface area contributed by atoms with E-state index < -0.39 is 52.2 Å². The second-order valence-corrected chi connectivity index (χ2v) is 10.6. The highest BCUT2D eigenvalue weighted by Crippen LogP contribution is 2.41. The number of anilines is 1. The predicted molar refractivity (Wildman–Crippen MR) is 143 cm³/mol. The highest BCUT2D eigenvalue weighted by Gasteiger charge is 2.41. The van der Waals surface area contributed by atoms with Crippen LogP contribution in [0.15, 0.2) is 53.7 Å². The van der Waals surface area contributed by atoms with Crippen LogP contribution in [0.25, 0.3) is 11.1 Å². The summed E-state index contributed by atoms with van der Waals surface area (Å²) < 4.78 is 95.2. The van der Waals surface area contributed by atoms with Crippen molar-refractivity contribution >= 4 is 23.6 Å². The highest BCUT2D eigenvalue weighted by molar-refractivity contribution is 6.06. The van der Waals surface area contributed by atoms with Crippen LogP contribution in [-0.4, -0.2) is 36.0 Å². The minimum atomic E-state index is -5.08. The number of rotatable bonds is 6. The van der Waals surface area contributed by atoms with Gasteiger partial charge < -0.3 is 9.69 Å². The summed E-state index contributed by atoms with van der Waals surface area (Å²) in [6.07, 6.45) is -7.14. The van der Waals surface area contributed by atoms with Crippen LogP contribution in [0.5, 0.6) is 0 Å². The molecule has 1 aliphatic heterocycles. The summed E-state index contributed by atoms with van der Waals surface area (Å²) in [5, 5.41) is 0. The summed E-state index contributed by atoms with van der Waals surface area (Å²) >= 11 is 0. The zero-order valence-corrected chi connectivity index (χ0v) is 23.0. The van der Waals surface area contributed by atoms with Crippen LogP contribution in [0.4, 0.5) is 36.4 Å². The van der Waals surface area contributed by atoms with Crippen molar-refractivity contribution < 1.29 is 40.3 Å². The SMILES string of the molecule is Cc1cc(F)ccc1-c1cc(C2=NC(C=O)CC2)ncc1N(C)C(=O)C(C)(C)c1cc(C(F)(F)F)cc(C(F)(F)F)c1. The molecule has 5 nitrogen and oxygen atoms in total. The molecular weight excluding hydrogens is 567 g/mol. The summed E-state index contributed by atoms with van der Waals surface area (Å²) in [5.41, 5.74) is -2.83. The van der Waals surface area contributed by atoms with Crippen molar-refractivity contribution in [3.8, 4) is 11.1 Å². The fourth-order valence-corrected chi connectivity index (χ4v) is 4.89. The van der Waals surface area contributed by atoms with Crippen molar-refractivity contribution in [2.45, 2.75) is 57.4 Å². The summed E-state index contributed by atoms with van der Waals surface area (Å²) in [6, 6.07) is 6.17. The van der Waals surface area contributed by atoms with Gasteiger partial charge in [0.15, 0.2) is 0 Å². The summed E-state index contributed by atoms with van der Waals surface area (Å²) in [7, 11) is 1.33. The van der Waals surface area contributed by atoms with Gasteiger partial charge in [-0.05, 0) is 86.7 Å². The number of pyridine rings is 1. The van der Waals surface area contributed by atoms with Gasteiger partial charge in [0, 0.05) is 12.6 Å². The van der Waals surface area contributed by atoms with E-state index in [0.29, 0.717) is 53.1 Å². The fourth-order valence-electron chi connectivity index (χ4n) is 4.89. The lowest BCUT2D eigenvalue weighted by Crippen LogP contribution is -2.42. The molecule has 1 unspecified atom stereocenters. The van der Waals surface area contributed by atoms with Gasteiger partial charge in [-0.3, -0.25) is 14.8 Å². The molecule has 2 heterocycles. The monoisotopic (exact) mass is 593 g/mol. The first-order valence-corrected chi connectivity index (χ1v) is 12.8. The molecule has 0 fully saturated rings. The average molecular weight is 594 g/mol. The Kier molecular flexibility index (Phi) is 8.05. The van der Waals surface area contributed by atoms with Gasteiger partial charge in [-0.25, -0.2) is 4.39 Å². The molecule has 0 N–H and O–H groups in total. The topological polar surface area (TPSA) is 62.6 Å². The van der Waals surface area contributed by atoms with E-state index in [1.807, 2.05) is 0 Å². The normalized spacial score (nSPS) is 15.9. The highest BCUT2D eigenvalue weighted by atomic mass is 19.4. The third kappa shape index (κ3) is 6.07. The second kappa shape index (κ2) is 11.0. The van der Waals surface area contributed by atoms with Crippen LogP contribution in [0.3, 0.4) is 0 Å². The maximum absolute atomic E-state index is 13.9. The van der Waals surface area contributed by atoms with Crippen LogP contribution >= 0.6 is 0 Å². The number of aromatic nitrogens is 1. The Bertz CT molecular complexity index is 1540. The number of amides is 1. The molecule has 0 aliphatic carbocycles. The van der Waals surface area contributed by atoms with Crippen LogP contribution in [-0.2, 0) is 27.4 Å². The Balaban J connectivity index is 1.84. The summed E-state index contributed by atoms with van der Waals surface area (Å²) in [6.45, 7) is 4.11. The van der Waals surface area contributed by atoms with E-state index in [1.165, 1.54) is 45.3 Å². The minimum absolute atomic E-state index is 0.00669. The number of hydrogen-bond acceptors (Lipinski definition) is 4. The van der Waals surface area contributed by atoms with Crippen molar-refractivity contribution in [2.75, 3.05) is 11.9 Å². The van der Waals surface area contributed by atoms with Gasteiger partial charge in [0.25, 0.3) is 0 Å². The number of likely N-dealkylation sites (N-methyl/N-ethyl adjacent to an activating group) is 1. The molecule has 0 saturated heterocycles. The number of hydrogen-bond donors (Lipinski definition) is 0. The Labute approximate surface area is 237 Å². The van der Waals surface area contributed by atoms with Gasteiger partial charge in [0.2, 0.25) is 5.91 Å². The Morgan fingerprint density at radius 1 is 0.929 bits per heavy atom. The number of halogens is 7. The molecule has 0 radical (unpaired) electrons. The van der Waals surface area contributed by atoms with Crippen LogP contribution in [0, 0.1) is 12.7 Å². The van der Waals surface area contributed by atoms with Crippen molar-refractivity contribution in [1.82, 2.24) is 4.98 Å². The van der Waals surface area contributed by atoms with Gasteiger partial charge in [-0.15, -0.1) is 0 Å². The molecule has 42 heavy (non-hydrogen) atoms. The van der Waals surface area contributed by atoms with E-state index in [4.69, 9.17) is 0 Å². The number of nitrogens with zero attached hydrogens (tertiary/aromatic N) is 3. The van der Waals surface area contributed by atoms with E-state index in [1.54, 1.807) is 13.0 Å². The number of benzene rings is 2. The first kappa shape index (κ1) is 30.9.